The van der Waals surface area contributed by atoms with Crippen molar-refractivity contribution in [2.75, 3.05) is 38.3 Å². The van der Waals surface area contributed by atoms with Crippen molar-refractivity contribution in [2.45, 2.75) is 0 Å². The maximum Gasteiger partial charge on any atom is 0.238 e. The van der Waals surface area contributed by atoms with Gasteiger partial charge in [0.05, 0.1) is 13.1 Å². The van der Waals surface area contributed by atoms with Gasteiger partial charge in [0, 0.05) is 24.8 Å². The van der Waals surface area contributed by atoms with Crippen LogP contribution in [0.1, 0.15) is 0 Å². The van der Waals surface area contributed by atoms with Gasteiger partial charge in [0.25, 0.3) is 0 Å². The molecule has 0 atom stereocenters. The van der Waals surface area contributed by atoms with Gasteiger partial charge in [0.15, 0.2) is 11.5 Å². The minimum atomic E-state index is -0.154. The Balaban J connectivity index is 1.57. The molecule has 0 radical (unpaired) electrons. The first-order valence-corrected chi connectivity index (χ1v) is 6.39. The number of benzene rings is 1. The first-order valence-electron chi connectivity index (χ1n) is 6.39. The van der Waals surface area contributed by atoms with Crippen LogP contribution in [0.25, 0.3) is 0 Å². The molecular formula is C13H15N3O4. The average molecular weight is 277 g/mol. The number of hydrogen-bond donors (Lipinski definition) is 2. The quantitative estimate of drug-likeness (QED) is 0.799. The van der Waals surface area contributed by atoms with Gasteiger partial charge < -0.3 is 20.1 Å². The van der Waals surface area contributed by atoms with Gasteiger partial charge in [-0.25, -0.2) is 0 Å². The fourth-order valence-electron chi connectivity index (χ4n) is 2.20. The molecule has 0 aromatic heterocycles. The summed E-state index contributed by atoms with van der Waals surface area (Å²) < 4.78 is 10.5. The summed E-state index contributed by atoms with van der Waals surface area (Å²) in [4.78, 5) is 25.0. The topological polar surface area (TPSA) is 79.9 Å². The maximum atomic E-state index is 11.9. The molecule has 106 valence electrons. The normalized spacial score (nSPS) is 17.7. The van der Waals surface area contributed by atoms with Gasteiger partial charge in [-0.15, -0.1) is 0 Å². The average Bonchev–Trinajstić information content (AvgIpc) is 2.86. The summed E-state index contributed by atoms with van der Waals surface area (Å²) in [7, 11) is 0. The Hall–Kier alpha value is -2.28. The number of anilines is 1. The van der Waals surface area contributed by atoms with Gasteiger partial charge in [-0.2, -0.15) is 0 Å². The molecule has 2 heterocycles. The number of hydrogen-bond acceptors (Lipinski definition) is 5. The van der Waals surface area contributed by atoms with Gasteiger partial charge in [0.1, 0.15) is 0 Å². The lowest BCUT2D eigenvalue weighted by Gasteiger charge is -2.25. The number of nitrogens with zero attached hydrogens (tertiary/aromatic N) is 1. The van der Waals surface area contributed by atoms with E-state index in [0.717, 1.165) is 0 Å². The molecule has 7 nitrogen and oxygen atoms in total. The van der Waals surface area contributed by atoms with Gasteiger partial charge in [-0.1, -0.05) is 0 Å². The van der Waals surface area contributed by atoms with Crippen LogP contribution in [0.5, 0.6) is 11.5 Å². The van der Waals surface area contributed by atoms with E-state index >= 15 is 0 Å². The monoisotopic (exact) mass is 277 g/mol. The van der Waals surface area contributed by atoms with Gasteiger partial charge in [-0.3, -0.25) is 14.5 Å². The van der Waals surface area contributed by atoms with Crippen molar-refractivity contribution in [3.63, 3.8) is 0 Å². The van der Waals surface area contributed by atoms with Crippen LogP contribution in [-0.2, 0) is 9.59 Å². The molecule has 0 bridgehead atoms. The Bertz CT molecular complexity index is 546. The first kappa shape index (κ1) is 12.7. The molecule has 2 N–H and O–H groups in total. The van der Waals surface area contributed by atoms with E-state index in [1.165, 1.54) is 0 Å². The van der Waals surface area contributed by atoms with E-state index in [1.807, 2.05) is 0 Å². The second kappa shape index (κ2) is 5.38. The van der Waals surface area contributed by atoms with Crippen LogP contribution >= 0.6 is 0 Å². The van der Waals surface area contributed by atoms with E-state index in [4.69, 9.17) is 9.47 Å². The zero-order valence-corrected chi connectivity index (χ0v) is 10.8. The number of piperazine rings is 1. The van der Waals surface area contributed by atoms with Crippen LogP contribution in [0, 0.1) is 0 Å². The molecule has 3 rings (SSSR count). The minimum Gasteiger partial charge on any atom is -0.454 e. The van der Waals surface area contributed by atoms with E-state index in [0.29, 0.717) is 30.3 Å². The second-order valence-electron chi connectivity index (χ2n) is 4.68. The SMILES string of the molecule is O=C1CN(CC(=O)Nc2ccc3c(c2)OCO3)CCN1. The van der Waals surface area contributed by atoms with Crippen LogP contribution < -0.4 is 20.1 Å². The largest absolute Gasteiger partial charge is 0.454 e. The van der Waals surface area contributed by atoms with Crippen LogP contribution in [0.4, 0.5) is 5.69 Å². The molecule has 1 aromatic carbocycles. The summed E-state index contributed by atoms with van der Waals surface area (Å²) in [6.07, 6.45) is 0. The summed E-state index contributed by atoms with van der Waals surface area (Å²) in [5.41, 5.74) is 0.653. The first-order chi connectivity index (χ1) is 9.70. The second-order valence-corrected chi connectivity index (χ2v) is 4.68. The summed E-state index contributed by atoms with van der Waals surface area (Å²) in [5.74, 6) is 1.10. The predicted octanol–water partition coefficient (Wildman–Crippen LogP) is -0.214. The highest BCUT2D eigenvalue weighted by Gasteiger charge is 2.19. The fourth-order valence-corrected chi connectivity index (χ4v) is 2.20. The zero-order valence-electron chi connectivity index (χ0n) is 10.8. The van der Waals surface area contributed by atoms with Crippen molar-refractivity contribution in [3.8, 4) is 11.5 Å². The van der Waals surface area contributed by atoms with Gasteiger partial charge >= 0.3 is 0 Å². The summed E-state index contributed by atoms with van der Waals surface area (Å²) in [5, 5.41) is 5.51. The number of nitrogens with one attached hydrogen (secondary N) is 2. The van der Waals surface area contributed by atoms with E-state index in [9.17, 15) is 9.59 Å². The predicted molar refractivity (Wildman–Crippen MR) is 70.6 cm³/mol. The Morgan fingerprint density at radius 1 is 1.35 bits per heavy atom. The van der Waals surface area contributed by atoms with E-state index in [1.54, 1.807) is 23.1 Å². The number of carbonyl (C=O) groups excluding carboxylic acids is 2. The lowest BCUT2D eigenvalue weighted by molar-refractivity contribution is -0.125. The molecule has 2 aliphatic heterocycles. The van der Waals surface area contributed by atoms with Crippen molar-refractivity contribution in [3.05, 3.63) is 18.2 Å². The summed E-state index contributed by atoms with van der Waals surface area (Å²) in [6, 6.07) is 5.24. The van der Waals surface area contributed by atoms with Gasteiger partial charge in [0.2, 0.25) is 18.6 Å². The Labute approximate surface area is 115 Å². The zero-order chi connectivity index (χ0) is 13.9. The third-order valence-corrected chi connectivity index (χ3v) is 3.14. The van der Waals surface area contributed by atoms with Crippen molar-refractivity contribution in [1.29, 1.82) is 0 Å². The Kier molecular flexibility index (Phi) is 3.42. The molecule has 0 aliphatic carbocycles. The fraction of sp³-hybridized carbons (Fsp3) is 0.385. The molecule has 2 amide bonds. The summed E-state index contributed by atoms with van der Waals surface area (Å²) >= 11 is 0. The lowest BCUT2D eigenvalue weighted by Crippen LogP contribution is -2.49. The third kappa shape index (κ3) is 2.83. The van der Waals surface area contributed by atoms with Crippen LogP contribution in [-0.4, -0.2) is 49.7 Å². The smallest absolute Gasteiger partial charge is 0.238 e. The molecule has 0 unspecified atom stereocenters. The van der Waals surface area contributed by atoms with Crippen molar-refractivity contribution in [2.24, 2.45) is 0 Å². The Morgan fingerprint density at radius 3 is 3.05 bits per heavy atom. The minimum absolute atomic E-state index is 0.0490. The highest BCUT2D eigenvalue weighted by atomic mass is 16.7. The molecule has 1 saturated heterocycles. The highest BCUT2D eigenvalue weighted by Crippen LogP contribution is 2.34. The molecule has 1 fully saturated rings. The van der Waals surface area contributed by atoms with E-state index in [2.05, 4.69) is 10.6 Å². The molecule has 20 heavy (non-hydrogen) atoms. The molecule has 2 aliphatic rings. The number of amides is 2. The highest BCUT2D eigenvalue weighted by molar-refractivity contribution is 5.93. The number of ether oxygens (including phenoxy) is 2. The standard InChI is InChI=1S/C13H15N3O4/c17-12-6-16(4-3-14-12)7-13(18)15-9-1-2-10-11(5-9)20-8-19-10/h1-2,5H,3-4,6-8H2,(H,14,17)(H,15,18). The van der Waals surface area contributed by atoms with Crippen molar-refractivity contribution in [1.82, 2.24) is 10.2 Å². The van der Waals surface area contributed by atoms with Crippen molar-refractivity contribution >= 4 is 17.5 Å². The molecular weight excluding hydrogens is 262 g/mol. The third-order valence-electron chi connectivity index (χ3n) is 3.14. The molecule has 1 aromatic rings. The summed E-state index contributed by atoms with van der Waals surface area (Å²) in [6.45, 7) is 1.92. The van der Waals surface area contributed by atoms with Crippen LogP contribution in [0.2, 0.25) is 0 Å². The maximum absolute atomic E-state index is 11.9. The number of rotatable bonds is 3. The number of fused-ring (bicyclic) bond motifs is 1. The van der Waals surface area contributed by atoms with Crippen LogP contribution in [0.15, 0.2) is 18.2 Å². The number of carbonyl (C=O) groups is 2. The van der Waals surface area contributed by atoms with Crippen molar-refractivity contribution < 1.29 is 19.1 Å². The molecule has 7 heteroatoms. The van der Waals surface area contributed by atoms with E-state index in [-0.39, 0.29) is 31.7 Å². The van der Waals surface area contributed by atoms with E-state index < -0.39 is 0 Å². The van der Waals surface area contributed by atoms with Crippen LogP contribution in [0.3, 0.4) is 0 Å². The molecule has 0 spiro atoms. The molecule has 0 saturated carbocycles. The Morgan fingerprint density at radius 2 is 2.20 bits per heavy atom. The van der Waals surface area contributed by atoms with Gasteiger partial charge in [-0.05, 0) is 12.1 Å². The lowest BCUT2D eigenvalue weighted by atomic mass is 10.2.